The van der Waals surface area contributed by atoms with E-state index in [0.717, 1.165) is 22.6 Å². The molecule has 3 aromatic rings. The van der Waals surface area contributed by atoms with E-state index in [9.17, 15) is 9.59 Å². The smallest absolute Gasteiger partial charge is 0.326 e. The number of amides is 1. The van der Waals surface area contributed by atoms with Crippen molar-refractivity contribution in [1.82, 2.24) is 10.1 Å². The zero-order valence-electron chi connectivity index (χ0n) is 15.8. The molecule has 0 atom stereocenters. The second-order valence-corrected chi connectivity index (χ2v) is 7.48. The van der Waals surface area contributed by atoms with Crippen molar-refractivity contribution < 1.29 is 18.8 Å². The van der Waals surface area contributed by atoms with E-state index in [1.54, 1.807) is 0 Å². The fraction of sp³-hybridized carbons (Fsp3) is 0.238. The Morgan fingerprint density at radius 1 is 1.21 bits per heavy atom. The molecule has 0 aliphatic carbocycles. The first-order valence-electron chi connectivity index (χ1n) is 9.23. The van der Waals surface area contributed by atoms with Crippen LogP contribution in [0.2, 0.25) is 0 Å². The number of hydrogen-bond donors (Lipinski definition) is 0. The predicted octanol–water partition coefficient (Wildman–Crippen LogP) is 3.48. The number of hydrogen-bond acceptors (Lipinski definition) is 7. The van der Waals surface area contributed by atoms with Crippen LogP contribution in [0.15, 0.2) is 57.9 Å². The number of thioether (sulfide) groups is 1. The standard InChI is InChI=1S/C21H19N3O4S/c1-2-14-7-9-15(10-8-14)21-22-18(28-23-21)12-27-20(26)11-24-16-5-3-4-6-17(16)29-13-19(24)25/h3-10H,2,11-13H2,1H3. The highest BCUT2D eigenvalue weighted by molar-refractivity contribution is 8.00. The molecule has 7 nitrogen and oxygen atoms in total. The normalized spacial score (nSPS) is 13.3. The van der Waals surface area contributed by atoms with Crippen LogP contribution in [0.3, 0.4) is 0 Å². The van der Waals surface area contributed by atoms with E-state index in [1.807, 2.05) is 48.5 Å². The van der Waals surface area contributed by atoms with Gasteiger partial charge in [-0.3, -0.25) is 14.5 Å². The lowest BCUT2D eigenvalue weighted by molar-refractivity contribution is -0.144. The van der Waals surface area contributed by atoms with Gasteiger partial charge >= 0.3 is 5.97 Å². The molecule has 0 fully saturated rings. The summed E-state index contributed by atoms with van der Waals surface area (Å²) in [7, 11) is 0. The molecule has 1 aromatic heterocycles. The Bertz CT molecular complexity index is 1030. The number of rotatable bonds is 6. The van der Waals surface area contributed by atoms with Crippen LogP contribution in [0, 0.1) is 0 Å². The first-order chi connectivity index (χ1) is 14.1. The minimum absolute atomic E-state index is 0.124. The van der Waals surface area contributed by atoms with Crippen molar-refractivity contribution in [3.8, 4) is 11.4 Å². The fourth-order valence-electron chi connectivity index (χ4n) is 2.96. The largest absolute Gasteiger partial charge is 0.454 e. The SMILES string of the molecule is CCc1ccc(-c2noc(COC(=O)CN3C(=O)CSc4ccccc43)n2)cc1. The maximum Gasteiger partial charge on any atom is 0.326 e. The summed E-state index contributed by atoms with van der Waals surface area (Å²) in [5, 5.41) is 3.93. The number of aromatic nitrogens is 2. The van der Waals surface area contributed by atoms with E-state index < -0.39 is 5.97 Å². The zero-order valence-corrected chi connectivity index (χ0v) is 16.6. The number of benzene rings is 2. The number of nitrogens with zero attached hydrogens (tertiary/aromatic N) is 3. The summed E-state index contributed by atoms with van der Waals surface area (Å²) in [5.41, 5.74) is 2.77. The van der Waals surface area contributed by atoms with E-state index >= 15 is 0 Å². The van der Waals surface area contributed by atoms with Crippen molar-refractivity contribution in [3.05, 3.63) is 60.0 Å². The second-order valence-electron chi connectivity index (χ2n) is 6.46. The summed E-state index contributed by atoms with van der Waals surface area (Å²) in [6.45, 7) is 1.79. The number of fused-ring (bicyclic) bond motifs is 1. The van der Waals surface area contributed by atoms with E-state index in [1.165, 1.54) is 22.2 Å². The quantitative estimate of drug-likeness (QED) is 0.576. The minimum Gasteiger partial charge on any atom is -0.454 e. The van der Waals surface area contributed by atoms with E-state index in [0.29, 0.717) is 11.6 Å². The molecular weight excluding hydrogens is 390 g/mol. The molecular formula is C21H19N3O4S. The molecule has 148 valence electrons. The highest BCUT2D eigenvalue weighted by Crippen LogP contribution is 2.34. The third-order valence-electron chi connectivity index (χ3n) is 4.54. The van der Waals surface area contributed by atoms with Crippen LogP contribution in [-0.4, -0.2) is 34.3 Å². The number of carbonyl (C=O) groups is 2. The van der Waals surface area contributed by atoms with E-state index in [-0.39, 0.29) is 24.9 Å². The molecule has 1 aliphatic rings. The Balaban J connectivity index is 1.37. The third-order valence-corrected chi connectivity index (χ3v) is 5.59. The first-order valence-corrected chi connectivity index (χ1v) is 10.2. The molecule has 0 unspecified atom stereocenters. The molecule has 29 heavy (non-hydrogen) atoms. The molecule has 0 saturated carbocycles. The topological polar surface area (TPSA) is 85.5 Å². The van der Waals surface area contributed by atoms with Crippen molar-refractivity contribution >= 4 is 29.3 Å². The Morgan fingerprint density at radius 2 is 2.00 bits per heavy atom. The number of ether oxygens (including phenoxy) is 1. The summed E-state index contributed by atoms with van der Waals surface area (Å²) >= 11 is 1.46. The van der Waals surface area contributed by atoms with Crippen molar-refractivity contribution in [2.24, 2.45) is 0 Å². The van der Waals surface area contributed by atoms with Gasteiger partial charge < -0.3 is 9.26 Å². The summed E-state index contributed by atoms with van der Waals surface area (Å²) in [5.74, 6) is 0.284. The van der Waals surface area contributed by atoms with Gasteiger partial charge in [0, 0.05) is 10.5 Å². The van der Waals surface area contributed by atoms with Crippen LogP contribution in [0.25, 0.3) is 11.4 Å². The van der Waals surface area contributed by atoms with Gasteiger partial charge in [-0.1, -0.05) is 48.5 Å². The zero-order chi connectivity index (χ0) is 20.2. The highest BCUT2D eigenvalue weighted by atomic mass is 32.2. The summed E-state index contributed by atoms with van der Waals surface area (Å²) in [4.78, 5) is 31.2. The number of esters is 1. The number of anilines is 1. The van der Waals surface area contributed by atoms with E-state index in [4.69, 9.17) is 9.26 Å². The van der Waals surface area contributed by atoms with Crippen molar-refractivity contribution in [3.63, 3.8) is 0 Å². The van der Waals surface area contributed by atoms with Crippen molar-refractivity contribution in [2.75, 3.05) is 17.2 Å². The van der Waals surface area contributed by atoms with Gasteiger partial charge in [-0.2, -0.15) is 4.98 Å². The lowest BCUT2D eigenvalue weighted by atomic mass is 10.1. The Morgan fingerprint density at radius 3 is 2.79 bits per heavy atom. The van der Waals surface area contributed by atoms with Gasteiger partial charge in [0.25, 0.3) is 5.89 Å². The average Bonchev–Trinajstić information content (AvgIpc) is 3.23. The molecule has 4 rings (SSSR count). The van der Waals surface area contributed by atoms with Crippen LogP contribution < -0.4 is 4.90 Å². The molecule has 0 bridgehead atoms. The van der Waals surface area contributed by atoms with Gasteiger partial charge in [-0.05, 0) is 24.1 Å². The van der Waals surface area contributed by atoms with Gasteiger partial charge in [0.15, 0.2) is 6.61 Å². The van der Waals surface area contributed by atoms with Crippen LogP contribution in [-0.2, 0) is 27.4 Å². The maximum absolute atomic E-state index is 12.3. The number of carbonyl (C=O) groups excluding carboxylic acids is 2. The molecule has 1 amide bonds. The average molecular weight is 409 g/mol. The second kappa shape index (κ2) is 8.48. The van der Waals surface area contributed by atoms with Gasteiger partial charge in [-0.15, -0.1) is 11.8 Å². The maximum atomic E-state index is 12.3. The first kappa shape index (κ1) is 19.2. The Labute approximate surface area is 172 Å². The highest BCUT2D eigenvalue weighted by Gasteiger charge is 2.27. The number of para-hydroxylation sites is 1. The van der Waals surface area contributed by atoms with Crippen molar-refractivity contribution in [2.45, 2.75) is 24.8 Å². The third kappa shape index (κ3) is 4.32. The van der Waals surface area contributed by atoms with Crippen LogP contribution in [0.5, 0.6) is 0 Å². The molecule has 0 saturated heterocycles. The van der Waals surface area contributed by atoms with Gasteiger partial charge in [0.1, 0.15) is 6.54 Å². The summed E-state index contributed by atoms with van der Waals surface area (Å²) in [6.07, 6.45) is 0.955. The fourth-order valence-corrected chi connectivity index (χ4v) is 3.90. The van der Waals surface area contributed by atoms with Gasteiger partial charge in [0.05, 0.1) is 11.4 Å². The number of aryl methyl sites for hydroxylation is 1. The molecule has 0 spiro atoms. The molecule has 0 N–H and O–H groups in total. The lowest BCUT2D eigenvalue weighted by Gasteiger charge is -2.27. The Hall–Kier alpha value is -3.13. The predicted molar refractivity (Wildman–Crippen MR) is 108 cm³/mol. The summed E-state index contributed by atoms with van der Waals surface area (Å²) < 4.78 is 10.4. The molecule has 1 aliphatic heterocycles. The lowest BCUT2D eigenvalue weighted by Crippen LogP contribution is -2.39. The summed E-state index contributed by atoms with van der Waals surface area (Å²) in [6, 6.07) is 15.4. The van der Waals surface area contributed by atoms with Crippen LogP contribution >= 0.6 is 11.8 Å². The molecule has 0 radical (unpaired) electrons. The molecule has 8 heteroatoms. The van der Waals surface area contributed by atoms with E-state index in [2.05, 4.69) is 17.1 Å². The Kier molecular flexibility index (Phi) is 5.62. The van der Waals surface area contributed by atoms with Gasteiger partial charge in [-0.25, -0.2) is 0 Å². The molecule has 2 aromatic carbocycles. The van der Waals surface area contributed by atoms with Gasteiger partial charge in [0.2, 0.25) is 11.7 Å². The monoisotopic (exact) mass is 409 g/mol. The minimum atomic E-state index is -0.535. The van der Waals surface area contributed by atoms with Crippen molar-refractivity contribution in [1.29, 1.82) is 0 Å². The van der Waals surface area contributed by atoms with Crippen LogP contribution in [0.1, 0.15) is 18.4 Å². The van der Waals surface area contributed by atoms with Crippen LogP contribution in [0.4, 0.5) is 5.69 Å². The molecule has 2 heterocycles.